The van der Waals surface area contributed by atoms with Crippen molar-refractivity contribution < 1.29 is 9.90 Å². The van der Waals surface area contributed by atoms with Gasteiger partial charge in [-0.3, -0.25) is 19.2 Å². The Morgan fingerprint density at radius 1 is 1.00 bits per heavy atom. The molecule has 0 radical (unpaired) electrons. The zero-order chi connectivity index (χ0) is 22.4. The number of hydrogen-bond donors (Lipinski definition) is 1. The number of para-hydroxylation sites is 1. The molecule has 0 unspecified atom stereocenters. The molecule has 6 heteroatoms. The van der Waals surface area contributed by atoms with Gasteiger partial charge in [0.25, 0.3) is 5.56 Å². The van der Waals surface area contributed by atoms with E-state index in [1.165, 1.54) is 4.90 Å². The number of hydrogen-bond acceptors (Lipinski definition) is 3. The lowest BCUT2D eigenvalue weighted by Gasteiger charge is -2.30. The van der Waals surface area contributed by atoms with Crippen LogP contribution in [0.4, 0.5) is 11.4 Å². The van der Waals surface area contributed by atoms with Crippen LogP contribution in [0.3, 0.4) is 0 Å². The molecule has 1 heterocycles. The Bertz CT molecular complexity index is 1170. The van der Waals surface area contributed by atoms with Gasteiger partial charge in [-0.25, -0.2) is 4.68 Å². The third kappa shape index (κ3) is 3.54. The molecule has 158 valence electrons. The van der Waals surface area contributed by atoms with Crippen LogP contribution in [0.25, 0.3) is 5.69 Å². The molecule has 6 nitrogen and oxygen atoms in total. The van der Waals surface area contributed by atoms with Gasteiger partial charge in [0, 0.05) is 12.5 Å². The predicted molar refractivity (Wildman–Crippen MR) is 120 cm³/mol. The van der Waals surface area contributed by atoms with E-state index in [-0.39, 0.29) is 17.2 Å². The molecule has 1 amide bonds. The van der Waals surface area contributed by atoms with Crippen molar-refractivity contribution in [2.75, 3.05) is 4.90 Å². The van der Waals surface area contributed by atoms with E-state index in [2.05, 4.69) is 0 Å². The van der Waals surface area contributed by atoms with Crippen LogP contribution in [-0.4, -0.2) is 20.4 Å². The Morgan fingerprint density at radius 2 is 1.60 bits per heavy atom. The summed E-state index contributed by atoms with van der Waals surface area (Å²) in [7, 11) is 1.81. The summed E-state index contributed by atoms with van der Waals surface area (Å²) < 4.78 is 3.33. The second-order valence-corrected chi connectivity index (χ2v) is 8.73. The molecule has 1 N–H and O–H groups in total. The summed E-state index contributed by atoms with van der Waals surface area (Å²) in [5, 5.41) is 10.1. The number of anilines is 2. The van der Waals surface area contributed by atoms with E-state index >= 15 is 0 Å². The molecular weight excluding hydrogens is 378 g/mol. The maximum Gasteiger partial charge on any atom is 0.296 e. The SMILES string of the molecule is Cc1cc(N(C(=O)C(C)(C)C)c2c(C)n(C)n(-c3ccccc3)c2=O)c(C)cc1O. The highest BCUT2D eigenvalue weighted by molar-refractivity contribution is 6.04. The van der Waals surface area contributed by atoms with Gasteiger partial charge >= 0.3 is 0 Å². The molecule has 0 saturated carbocycles. The number of carbonyl (C=O) groups excluding carboxylic acids is 1. The molecule has 0 saturated heterocycles. The van der Waals surface area contributed by atoms with E-state index in [9.17, 15) is 14.7 Å². The largest absolute Gasteiger partial charge is 0.508 e. The molecular formula is C24H29N3O3. The van der Waals surface area contributed by atoms with E-state index in [0.29, 0.717) is 28.2 Å². The standard InChI is InChI=1S/C24H29N3O3/c1-15-14-20(28)16(2)13-19(15)26(23(30)24(4,5)6)21-17(3)25(7)27(22(21)29)18-11-9-8-10-12-18/h8-14,28H,1-7H3. The summed E-state index contributed by atoms with van der Waals surface area (Å²) in [4.78, 5) is 28.7. The highest BCUT2D eigenvalue weighted by Crippen LogP contribution is 2.36. The lowest BCUT2D eigenvalue weighted by Crippen LogP contribution is -2.39. The van der Waals surface area contributed by atoms with Gasteiger partial charge in [-0.2, -0.15) is 0 Å². The van der Waals surface area contributed by atoms with Crippen LogP contribution in [0.2, 0.25) is 0 Å². The zero-order valence-electron chi connectivity index (χ0n) is 18.6. The molecule has 3 rings (SSSR count). The molecule has 0 atom stereocenters. The average Bonchev–Trinajstić information content (AvgIpc) is 2.89. The first-order chi connectivity index (χ1) is 13.9. The third-order valence-corrected chi connectivity index (χ3v) is 5.35. The van der Waals surface area contributed by atoms with E-state index in [1.807, 2.05) is 72.0 Å². The fourth-order valence-corrected chi connectivity index (χ4v) is 3.51. The van der Waals surface area contributed by atoms with Crippen molar-refractivity contribution >= 4 is 17.3 Å². The van der Waals surface area contributed by atoms with Crippen LogP contribution in [0, 0.1) is 26.2 Å². The van der Waals surface area contributed by atoms with Crippen molar-refractivity contribution in [1.82, 2.24) is 9.36 Å². The second kappa shape index (κ2) is 7.52. The van der Waals surface area contributed by atoms with Gasteiger partial charge < -0.3 is 5.11 Å². The van der Waals surface area contributed by atoms with Crippen molar-refractivity contribution in [3.8, 4) is 11.4 Å². The van der Waals surface area contributed by atoms with Crippen LogP contribution in [0.1, 0.15) is 37.6 Å². The predicted octanol–water partition coefficient (Wildman–Crippen LogP) is 4.52. The summed E-state index contributed by atoms with van der Waals surface area (Å²) in [6.07, 6.45) is 0. The number of benzene rings is 2. The quantitative estimate of drug-likeness (QED) is 0.694. The molecule has 3 aromatic rings. The summed E-state index contributed by atoms with van der Waals surface area (Å²) >= 11 is 0. The number of nitrogens with zero attached hydrogens (tertiary/aromatic N) is 3. The first-order valence-electron chi connectivity index (χ1n) is 9.94. The Hall–Kier alpha value is -3.28. The molecule has 0 aliphatic carbocycles. The molecule has 0 aliphatic rings. The fourth-order valence-electron chi connectivity index (χ4n) is 3.51. The van der Waals surface area contributed by atoms with Crippen molar-refractivity contribution in [3.05, 3.63) is 69.6 Å². The minimum absolute atomic E-state index is 0.158. The molecule has 0 spiro atoms. The minimum Gasteiger partial charge on any atom is -0.508 e. The first-order valence-corrected chi connectivity index (χ1v) is 9.94. The van der Waals surface area contributed by atoms with Crippen LogP contribution in [-0.2, 0) is 11.8 Å². The molecule has 30 heavy (non-hydrogen) atoms. The van der Waals surface area contributed by atoms with Crippen LogP contribution in [0.15, 0.2) is 47.3 Å². The van der Waals surface area contributed by atoms with Crippen LogP contribution >= 0.6 is 0 Å². The maximum atomic E-state index is 13.6. The molecule has 0 fully saturated rings. The zero-order valence-corrected chi connectivity index (χ0v) is 18.6. The summed E-state index contributed by atoms with van der Waals surface area (Å²) in [5.74, 6) is -0.0346. The average molecular weight is 408 g/mol. The number of carbonyl (C=O) groups is 1. The van der Waals surface area contributed by atoms with Crippen molar-refractivity contribution in [3.63, 3.8) is 0 Å². The lowest BCUT2D eigenvalue weighted by atomic mass is 9.93. The molecule has 0 bridgehead atoms. The Kier molecular flexibility index (Phi) is 5.37. The highest BCUT2D eigenvalue weighted by atomic mass is 16.3. The van der Waals surface area contributed by atoms with E-state index in [0.717, 1.165) is 5.69 Å². The van der Waals surface area contributed by atoms with E-state index in [1.54, 1.807) is 28.4 Å². The fraction of sp³-hybridized carbons (Fsp3) is 0.333. The third-order valence-electron chi connectivity index (χ3n) is 5.35. The topological polar surface area (TPSA) is 67.5 Å². The number of amides is 1. The summed E-state index contributed by atoms with van der Waals surface area (Å²) in [6, 6.07) is 12.7. The van der Waals surface area contributed by atoms with Gasteiger partial charge in [0.05, 0.1) is 17.1 Å². The van der Waals surface area contributed by atoms with Crippen LogP contribution < -0.4 is 10.5 Å². The van der Waals surface area contributed by atoms with Crippen molar-refractivity contribution in [2.24, 2.45) is 12.5 Å². The Morgan fingerprint density at radius 3 is 2.17 bits per heavy atom. The van der Waals surface area contributed by atoms with E-state index < -0.39 is 5.41 Å². The van der Waals surface area contributed by atoms with Gasteiger partial charge in [0.2, 0.25) is 5.91 Å². The van der Waals surface area contributed by atoms with Gasteiger partial charge in [-0.15, -0.1) is 0 Å². The Balaban J connectivity index is 2.36. The first kappa shape index (κ1) is 21.4. The van der Waals surface area contributed by atoms with Gasteiger partial charge in [-0.1, -0.05) is 39.0 Å². The van der Waals surface area contributed by atoms with Gasteiger partial charge in [0.15, 0.2) is 0 Å². The monoisotopic (exact) mass is 407 g/mol. The molecule has 2 aromatic carbocycles. The minimum atomic E-state index is -0.718. The number of phenolic OH excluding ortho intramolecular Hbond substituents is 1. The van der Waals surface area contributed by atoms with Gasteiger partial charge in [0.1, 0.15) is 11.4 Å². The summed E-state index contributed by atoms with van der Waals surface area (Å²) in [5.41, 5.74) is 2.66. The number of aromatic nitrogens is 2. The normalized spacial score (nSPS) is 11.6. The number of aryl methyl sites for hydroxylation is 2. The van der Waals surface area contributed by atoms with Crippen LogP contribution in [0.5, 0.6) is 5.75 Å². The number of phenols is 1. The van der Waals surface area contributed by atoms with Crippen molar-refractivity contribution in [2.45, 2.75) is 41.5 Å². The number of aromatic hydroxyl groups is 1. The highest BCUT2D eigenvalue weighted by Gasteiger charge is 2.35. The lowest BCUT2D eigenvalue weighted by molar-refractivity contribution is -0.125. The second-order valence-electron chi connectivity index (χ2n) is 8.73. The maximum absolute atomic E-state index is 13.6. The molecule has 1 aromatic heterocycles. The smallest absolute Gasteiger partial charge is 0.296 e. The number of rotatable bonds is 3. The van der Waals surface area contributed by atoms with Gasteiger partial charge in [-0.05, 0) is 56.2 Å². The van der Waals surface area contributed by atoms with Crippen molar-refractivity contribution in [1.29, 1.82) is 0 Å². The summed E-state index contributed by atoms with van der Waals surface area (Å²) in [6.45, 7) is 10.9. The van der Waals surface area contributed by atoms with E-state index in [4.69, 9.17) is 0 Å². The Labute approximate surface area is 177 Å². The molecule has 0 aliphatic heterocycles.